The van der Waals surface area contributed by atoms with Crippen LogP contribution in [0.1, 0.15) is 17.0 Å². The lowest BCUT2D eigenvalue weighted by Gasteiger charge is -2.07. The molecule has 0 atom stereocenters. The molecule has 27 heavy (non-hydrogen) atoms. The van der Waals surface area contributed by atoms with E-state index in [1.165, 1.54) is 11.3 Å². The average molecular weight is 397 g/mol. The summed E-state index contributed by atoms with van der Waals surface area (Å²) in [6, 6.07) is 13.5. The molecule has 2 aromatic heterocycles. The predicted octanol–water partition coefficient (Wildman–Crippen LogP) is 5.21. The number of halogens is 1. The van der Waals surface area contributed by atoms with Gasteiger partial charge in [-0.05, 0) is 47.9 Å². The highest BCUT2D eigenvalue weighted by molar-refractivity contribution is 7.17. The van der Waals surface area contributed by atoms with Gasteiger partial charge in [-0.2, -0.15) is 0 Å². The van der Waals surface area contributed by atoms with Crippen LogP contribution in [0, 0.1) is 6.92 Å². The Morgan fingerprint density at radius 2 is 1.96 bits per heavy atom. The number of ether oxygens (including phenoxy) is 1. The van der Waals surface area contributed by atoms with E-state index in [2.05, 4.69) is 9.97 Å². The van der Waals surface area contributed by atoms with E-state index in [0.717, 1.165) is 32.8 Å². The van der Waals surface area contributed by atoms with Gasteiger partial charge in [-0.3, -0.25) is 4.79 Å². The number of hydrogen-bond donors (Lipinski definition) is 1. The molecule has 0 fully saturated rings. The Morgan fingerprint density at radius 1 is 1.19 bits per heavy atom. The first-order valence-corrected chi connectivity index (χ1v) is 9.71. The van der Waals surface area contributed by atoms with Crippen LogP contribution in [0.25, 0.3) is 21.3 Å². The number of thiophene rings is 1. The van der Waals surface area contributed by atoms with Crippen LogP contribution < -0.4 is 10.3 Å². The van der Waals surface area contributed by atoms with Crippen molar-refractivity contribution in [1.29, 1.82) is 0 Å². The van der Waals surface area contributed by atoms with Gasteiger partial charge >= 0.3 is 0 Å². The van der Waals surface area contributed by atoms with Crippen LogP contribution in [-0.2, 0) is 6.42 Å². The fraction of sp³-hybridized carbons (Fsp3) is 0.143. The predicted molar refractivity (Wildman–Crippen MR) is 111 cm³/mol. The summed E-state index contributed by atoms with van der Waals surface area (Å²) in [5.74, 6) is 1.48. The normalized spacial score (nSPS) is 11.1. The monoisotopic (exact) mass is 396 g/mol. The molecule has 0 saturated carbocycles. The molecule has 0 aliphatic rings. The number of methoxy groups -OCH3 is 1. The standard InChI is InChI=1S/C21H17ClN2O2S/c1-12-9-14(5-8-17(12)26-2)16-11-27-21-19(16)20(25)23-18(24-21)10-13-3-6-15(22)7-4-13/h3-9,11H,10H2,1-2H3,(H,23,24,25). The van der Waals surface area contributed by atoms with Gasteiger partial charge in [0.1, 0.15) is 16.4 Å². The van der Waals surface area contributed by atoms with Crippen molar-refractivity contribution in [3.05, 3.63) is 80.2 Å². The first-order valence-electron chi connectivity index (χ1n) is 8.45. The van der Waals surface area contributed by atoms with Gasteiger partial charge in [-0.25, -0.2) is 4.98 Å². The van der Waals surface area contributed by atoms with E-state index >= 15 is 0 Å². The van der Waals surface area contributed by atoms with Gasteiger partial charge in [0.2, 0.25) is 0 Å². The molecule has 0 spiro atoms. The van der Waals surface area contributed by atoms with Crippen LogP contribution in [0.15, 0.2) is 52.6 Å². The summed E-state index contributed by atoms with van der Waals surface area (Å²) >= 11 is 7.41. The van der Waals surface area contributed by atoms with Crippen molar-refractivity contribution >= 4 is 33.2 Å². The minimum absolute atomic E-state index is 0.117. The van der Waals surface area contributed by atoms with E-state index in [1.807, 2.05) is 54.8 Å². The van der Waals surface area contributed by atoms with E-state index in [0.29, 0.717) is 22.7 Å². The summed E-state index contributed by atoms with van der Waals surface area (Å²) < 4.78 is 5.32. The van der Waals surface area contributed by atoms with Crippen molar-refractivity contribution in [3.8, 4) is 16.9 Å². The summed E-state index contributed by atoms with van der Waals surface area (Å²) in [7, 11) is 1.65. The van der Waals surface area contributed by atoms with Crippen LogP contribution in [0.3, 0.4) is 0 Å². The van der Waals surface area contributed by atoms with Crippen molar-refractivity contribution in [2.45, 2.75) is 13.3 Å². The smallest absolute Gasteiger partial charge is 0.260 e. The molecule has 0 amide bonds. The topological polar surface area (TPSA) is 55.0 Å². The van der Waals surface area contributed by atoms with Crippen molar-refractivity contribution < 1.29 is 4.74 Å². The lowest BCUT2D eigenvalue weighted by atomic mass is 10.0. The largest absolute Gasteiger partial charge is 0.496 e. The van der Waals surface area contributed by atoms with Crippen LogP contribution >= 0.6 is 22.9 Å². The zero-order valence-electron chi connectivity index (χ0n) is 14.9. The number of aryl methyl sites for hydroxylation is 1. The second-order valence-corrected chi connectivity index (χ2v) is 7.62. The molecular weight excluding hydrogens is 380 g/mol. The highest BCUT2D eigenvalue weighted by Gasteiger charge is 2.14. The number of nitrogens with one attached hydrogen (secondary N) is 1. The molecule has 0 aliphatic carbocycles. The second-order valence-electron chi connectivity index (χ2n) is 6.33. The molecule has 4 rings (SSSR count). The Hall–Kier alpha value is -2.63. The number of fused-ring (bicyclic) bond motifs is 1. The molecule has 0 aliphatic heterocycles. The highest BCUT2D eigenvalue weighted by atomic mass is 35.5. The second kappa shape index (κ2) is 7.18. The third-order valence-electron chi connectivity index (χ3n) is 4.48. The first-order chi connectivity index (χ1) is 13.0. The van der Waals surface area contributed by atoms with Crippen LogP contribution in [0.5, 0.6) is 5.75 Å². The number of hydrogen-bond acceptors (Lipinski definition) is 4. The average Bonchev–Trinajstić information content (AvgIpc) is 3.08. The van der Waals surface area contributed by atoms with E-state index in [9.17, 15) is 4.79 Å². The SMILES string of the molecule is COc1ccc(-c2csc3nc(Cc4ccc(Cl)cc4)[nH]c(=O)c23)cc1C. The zero-order valence-corrected chi connectivity index (χ0v) is 16.4. The molecule has 136 valence electrons. The summed E-state index contributed by atoms with van der Waals surface area (Å²) in [5.41, 5.74) is 3.83. The number of benzene rings is 2. The lowest BCUT2D eigenvalue weighted by molar-refractivity contribution is 0.412. The third kappa shape index (κ3) is 3.48. The molecule has 6 heteroatoms. The van der Waals surface area contributed by atoms with Crippen LogP contribution in [-0.4, -0.2) is 17.1 Å². The summed E-state index contributed by atoms with van der Waals surface area (Å²) in [5, 5.41) is 3.30. The zero-order chi connectivity index (χ0) is 19.0. The highest BCUT2D eigenvalue weighted by Crippen LogP contribution is 2.33. The molecule has 1 N–H and O–H groups in total. The maximum Gasteiger partial charge on any atom is 0.260 e. The molecule has 0 radical (unpaired) electrons. The molecular formula is C21H17ClN2O2S. The molecule has 0 bridgehead atoms. The van der Waals surface area contributed by atoms with E-state index in [4.69, 9.17) is 16.3 Å². The fourth-order valence-corrected chi connectivity index (χ4v) is 4.22. The van der Waals surface area contributed by atoms with Crippen molar-refractivity contribution in [3.63, 3.8) is 0 Å². The Bertz CT molecular complexity index is 1180. The van der Waals surface area contributed by atoms with Gasteiger partial charge < -0.3 is 9.72 Å². The van der Waals surface area contributed by atoms with E-state index < -0.39 is 0 Å². The third-order valence-corrected chi connectivity index (χ3v) is 5.61. The minimum Gasteiger partial charge on any atom is -0.496 e. The van der Waals surface area contributed by atoms with E-state index in [-0.39, 0.29) is 5.56 Å². The van der Waals surface area contributed by atoms with Gasteiger partial charge in [0.05, 0.1) is 12.5 Å². The van der Waals surface area contributed by atoms with Gasteiger partial charge in [0, 0.05) is 22.4 Å². The van der Waals surface area contributed by atoms with Gasteiger partial charge in [0.15, 0.2) is 0 Å². The molecule has 2 aromatic carbocycles. The quantitative estimate of drug-likeness (QED) is 0.515. The summed E-state index contributed by atoms with van der Waals surface area (Å²) in [4.78, 5) is 21.1. The fourth-order valence-electron chi connectivity index (χ4n) is 3.13. The van der Waals surface area contributed by atoms with Crippen LogP contribution in [0.2, 0.25) is 5.02 Å². The van der Waals surface area contributed by atoms with E-state index in [1.54, 1.807) is 7.11 Å². The summed E-state index contributed by atoms with van der Waals surface area (Å²) in [6.45, 7) is 1.99. The molecule has 4 nitrogen and oxygen atoms in total. The van der Waals surface area contributed by atoms with Gasteiger partial charge in [-0.15, -0.1) is 11.3 Å². The van der Waals surface area contributed by atoms with Crippen LogP contribution in [0.4, 0.5) is 0 Å². The number of aromatic amines is 1. The minimum atomic E-state index is -0.117. The Labute approximate surface area is 165 Å². The Kier molecular flexibility index (Phi) is 4.72. The maximum absolute atomic E-state index is 12.8. The Morgan fingerprint density at radius 3 is 2.67 bits per heavy atom. The van der Waals surface area contributed by atoms with Crippen molar-refractivity contribution in [2.75, 3.05) is 7.11 Å². The Balaban J connectivity index is 1.74. The van der Waals surface area contributed by atoms with Crippen molar-refractivity contribution in [1.82, 2.24) is 9.97 Å². The number of rotatable bonds is 4. The number of aromatic nitrogens is 2. The number of nitrogens with zero attached hydrogens (tertiary/aromatic N) is 1. The molecule has 0 unspecified atom stereocenters. The molecule has 2 heterocycles. The van der Waals surface area contributed by atoms with Gasteiger partial charge in [0.25, 0.3) is 5.56 Å². The molecule has 0 saturated heterocycles. The van der Waals surface area contributed by atoms with Gasteiger partial charge in [-0.1, -0.05) is 29.8 Å². The molecule has 4 aromatic rings. The lowest BCUT2D eigenvalue weighted by Crippen LogP contribution is -2.11. The summed E-state index contributed by atoms with van der Waals surface area (Å²) in [6.07, 6.45) is 0.553. The van der Waals surface area contributed by atoms with Crippen molar-refractivity contribution in [2.24, 2.45) is 0 Å². The maximum atomic E-state index is 12.8. The first kappa shape index (κ1) is 17.8. The number of H-pyrrole nitrogens is 1.